The zero-order valence-electron chi connectivity index (χ0n) is 34.0. The molecule has 2 aliphatic heterocycles. The molecule has 0 radical (unpaired) electrons. The van der Waals surface area contributed by atoms with Crippen LogP contribution in [0, 0.1) is 0 Å². The van der Waals surface area contributed by atoms with E-state index in [4.69, 9.17) is 33.8 Å². The Morgan fingerprint density at radius 3 is 2.44 bits per heavy atom. The monoisotopic (exact) mass is 476 g/mol. The van der Waals surface area contributed by atoms with E-state index < -0.39 is 116 Å². The van der Waals surface area contributed by atoms with Gasteiger partial charge >= 0.3 is 0 Å². The second-order valence-electron chi connectivity index (χ2n) is 6.84. The van der Waals surface area contributed by atoms with Gasteiger partial charge in [0.15, 0.2) is 5.69 Å². The topological polar surface area (TPSA) is 111 Å². The predicted molar refractivity (Wildman–Crippen MR) is 127 cm³/mol. The summed E-state index contributed by atoms with van der Waals surface area (Å²) in [6.45, 7) is -7.26. The molecule has 0 spiro atoms. The van der Waals surface area contributed by atoms with E-state index in [0.717, 1.165) is 24.3 Å². The van der Waals surface area contributed by atoms with E-state index in [-0.39, 0.29) is 21.2 Å². The van der Waals surface area contributed by atoms with Crippen molar-refractivity contribution in [2.24, 2.45) is 5.73 Å². The molecule has 1 saturated heterocycles. The number of nitrogens with two attached hydrogens (primary N) is 1. The van der Waals surface area contributed by atoms with Crippen molar-refractivity contribution >= 4 is 29.1 Å². The van der Waals surface area contributed by atoms with Gasteiger partial charge in [0.05, 0.1) is 25.1 Å². The number of rotatable bonds is 5. The first-order valence-electron chi connectivity index (χ1n) is 18.1. The van der Waals surface area contributed by atoms with Crippen molar-refractivity contribution < 1.29 is 42.4 Å². The van der Waals surface area contributed by atoms with Gasteiger partial charge in [0.1, 0.15) is 11.4 Å². The van der Waals surface area contributed by atoms with E-state index in [9.17, 15) is 14.4 Å². The Kier molecular flexibility index (Phi) is 2.45. The first kappa shape index (κ1) is 9.61. The second kappa shape index (κ2) is 8.66. The minimum absolute atomic E-state index is 0.0699. The van der Waals surface area contributed by atoms with Crippen LogP contribution >= 0.6 is 0 Å². The van der Waals surface area contributed by atoms with Gasteiger partial charge in [-0.3, -0.25) is 14.4 Å². The van der Waals surface area contributed by atoms with Crippen molar-refractivity contribution in [2.45, 2.75) is 25.5 Å². The molecule has 1 fully saturated rings. The van der Waals surface area contributed by atoms with Crippen molar-refractivity contribution in [1.82, 2.24) is 9.78 Å². The van der Waals surface area contributed by atoms with E-state index in [2.05, 4.69) is 5.10 Å². The molecule has 2 aliphatic rings. The minimum atomic E-state index is -3.65. The summed E-state index contributed by atoms with van der Waals surface area (Å²) in [7, 11) is -2.85. The molecular weight excluding hydrogens is 434 g/mol. The summed E-state index contributed by atoms with van der Waals surface area (Å²) in [4.78, 5) is 39.7. The lowest BCUT2D eigenvalue weighted by molar-refractivity contribution is -0.119. The fraction of sp³-hybridized carbons (Fsp3) is 0.280. The fourth-order valence-corrected chi connectivity index (χ4v) is 3.23. The maximum absolute atomic E-state index is 14.3. The molecule has 2 aromatic carbocycles. The highest BCUT2D eigenvalue weighted by atomic mass is 16.5. The third-order valence-electron chi connectivity index (χ3n) is 4.81. The molecule has 3 amide bonds. The van der Waals surface area contributed by atoms with Crippen LogP contribution in [0.5, 0.6) is 5.75 Å². The zero-order chi connectivity index (χ0) is 38.8. The molecule has 3 aromatic rings. The number of amides is 3. The van der Waals surface area contributed by atoms with Crippen LogP contribution in [0.4, 0.5) is 11.4 Å². The lowest BCUT2D eigenvalue weighted by Gasteiger charge is -2.29. The number of anilines is 2. The van der Waals surface area contributed by atoms with Crippen molar-refractivity contribution in [1.29, 1.82) is 0 Å². The van der Waals surface area contributed by atoms with Crippen LogP contribution in [-0.4, -0.2) is 47.5 Å². The molecule has 5 rings (SSSR count). The number of aromatic nitrogens is 2. The number of ether oxygens (including phenoxy) is 1. The van der Waals surface area contributed by atoms with Crippen molar-refractivity contribution in [3.63, 3.8) is 0 Å². The first-order chi connectivity index (χ1) is 23.0. The lowest BCUT2D eigenvalue weighted by atomic mass is 10.0. The average molecular weight is 477 g/mol. The summed E-state index contributed by atoms with van der Waals surface area (Å²) >= 11 is 0. The van der Waals surface area contributed by atoms with Crippen molar-refractivity contribution in [3.05, 3.63) is 65.4 Å². The van der Waals surface area contributed by atoms with Crippen LogP contribution in [0.25, 0.3) is 5.69 Å². The standard InChI is InChI=1S/C25H25N5O4/c1-34-19-11-9-18(10-12-19)30-23-20(22(27-30)24(26)32)13-15-29(25(23)33)17-7-5-16(6-8-17)28-14-3-2-4-21(28)31/h5-12H,2-4,13-15H2,1H3,(H2,26,32)/i1D3,2D2,3D2,5D,6D,7D,8D,13D2,14D2,15D2. The molecule has 0 saturated carbocycles. The highest BCUT2D eigenvalue weighted by Crippen LogP contribution is 2.31. The number of methoxy groups -OCH3 is 1. The number of hydrogen-bond acceptors (Lipinski definition) is 5. The predicted octanol–water partition coefficient (Wildman–Crippen LogP) is 2.70. The fourth-order valence-electron chi connectivity index (χ4n) is 3.23. The van der Waals surface area contributed by atoms with Gasteiger partial charge in [-0.2, -0.15) is 5.10 Å². The molecule has 9 nitrogen and oxygen atoms in total. The van der Waals surface area contributed by atoms with Gasteiger partial charge in [-0.25, -0.2) is 4.68 Å². The number of primary amides is 1. The van der Waals surface area contributed by atoms with Gasteiger partial charge in [-0.05, 0) is 67.6 Å². The molecule has 0 aliphatic carbocycles. The van der Waals surface area contributed by atoms with Gasteiger partial charge in [0, 0.05) is 47.3 Å². The SMILES string of the molecule is [2H]c1c([2H])c(N2C(=O)CC([2H])([2H])C([2H])([2H])C2([2H])[2H])c([2H])c([2H])c1N1C(=O)c2c(c(C(N)=O)nn2-c2ccc(OC([2H])([2H])[2H])cc2)C([2H])([2H])C1([2H])[2H]. The van der Waals surface area contributed by atoms with E-state index >= 15 is 0 Å². The second-order valence-corrected chi connectivity index (χ2v) is 6.84. The van der Waals surface area contributed by atoms with E-state index in [1.807, 2.05) is 0 Å². The number of nitrogens with zero attached hydrogens (tertiary/aromatic N) is 4. The number of carbonyl (C=O) groups excluding carboxylic acids is 3. The summed E-state index contributed by atoms with van der Waals surface area (Å²) in [6.07, 6.45) is -11.3. The van der Waals surface area contributed by atoms with E-state index in [1.165, 1.54) is 0 Å². The number of benzene rings is 2. The summed E-state index contributed by atoms with van der Waals surface area (Å²) in [5.74, 6) is -4.61. The number of hydrogen-bond donors (Lipinski definition) is 1. The Hall–Kier alpha value is -4.14. The average Bonchev–Trinajstić information content (AvgIpc) is 3.40. The molecule has 174 valence electrons. The molecule has 0 atom stereocenters. The summed E-state index contributed by atoms with van der Waals surface area (Å²) in [6, 6.07) is -0.696. The van der Waals surface area contributed by atoms with Gasteiger partial charge in [-0.15, -0.1) is 0 Å². The Bertz CT molecular complexity index is 1980. The normalized spacial score (nSPS) is 31.0. The maximum atomic E-state index is 14.3. The lowest BCUT2D eigenvalue weighted by Crippen LogP contribution is -2.39. The molecule has 0 bridgehead atoms. The molecule has 0 unspecified atom stereocenters. The quantitative estimate of drug-likeness (QED) is 0.609. The van der Waals surface area contributed by atoms with Crippen LogP contribution in [-0.2, 0) is 11.2 Å². The Morgan fingerprint density at radius 2 is 1.76 bits per heavy atom. The number of piperidine rings is 1. The van der Waals surface area contributed by atoms with Crippen LogP contribution in [0.3, 0.4) is 0 Å². The van der Waals surface area contributed by atoms with Crippen molar-refractivity contribution in [3.8, 4) is 11.4 Å². The van der Waals surface area contributed by atoms with Crippen LogP contribution in [0.2, 0.25) is 0 Å². The zero-order valence-corrected chi connectivity index (χ0v) is 17.0. The molecule has 34 heavy (non-hydrogen) atoms. The van der Waals surface area contributed by atoms with Crippen LogP contribution in [0.15, 0.2) is 48.4 Å². The van der Waals surface area contributed by atoms with Gasteiger partial charge in [-0.1, -0.05) is 0 Å². The van der Waals surface area contributed by atoms with Crippen LogP contribution in [0.1, 0.15) is 69.0 Å². The third kappa shape index (κ3) is 3.68. The summed E-state index contributed by atoms with van der Waals surface area (Å²) < 4.78 is 146. The third-order valence-corrected chi connectivity index (χ3v) is 4.81. The molecule has 1 aromatic heterocycles. The molecule has 3 heterocycles. The van der Waals surface area contributed by atoms with Gasteiger partial charge < -0.3 is 20.3 Å². The number of fused-ring (bicyclic) bond motifs is 1. The molecule has 9 heteroatoms. The largest absolute Gasteiger partial charge is 0.497 e. The van der Waals surface area contributed by atoms with Crippen LogP contribution < -0.4 is 20.3 Å². The number of carbonyl (C=O) groups is 3. The first-order valence-corrected chi connectivity index (χ1v) is 9.55. The summed E-state index contributed by atoms with van der Waals surface area (Å²) in [5, 5.41) is 3.93. The Labute approximate surface area is 220 Å². The smallest absolute Gasteiger partial charge is 0.277 e. The van der Waals surface area contributed by atoms with Gasteiger partial charge in [0.2, 0.25) is 5.91 Å². The highest BCUT2D eigenvalue weighted by Gasteiger charge is 2.34. The molecule has 2 N–H and O–H groups in total. The van der Waals surface area contributed by atoms with E-state index in [0.29, 0.717) is 4.68 Å². The van der Waals surface area contributed by atoms with Crippen molar-refractivity contribution in [2.75, 3.05) is 29.8 Å². The summed E-state index contributed by atoms with van der Waals surface area (Å²) in [5.41, 5.74) is 0.201. The molecular formula is C25H25N5O4. The highest BCUT2D eigenvalue weighted by molar-refractivity contribution is 6.09. The Balaban J connectivity index is 1.76. The van der Waals surface area contributed by atoms with Gasteiger partial charge in [0.25, 0.3) is 11.8 Å². The minimum Gasteiger partial charge on any atom is -0.497 e. The Morgan fingerprint density at radius 1 is 1.06 bits per heavy atom. The van der Waals surface area contributed by atoms with E-state index in [1.54, 1.807) is 0 Å². The maximum Gasteiger partial charge on any atom is 0.277 e.